The summed E-state index contributed by atoms with van der Waals surface area (Å²) in [7, 11) is 0. The molecule has 0 amide bonds. The van der Waals surface area contributed by atoms with Crippen molar-refractivity contribution in [2.45, 2.75) is 19.1 Å². The van der Waals surface area contributed by atoms with E-state index >= 15 is 0 Å². The number of nitrogens with zero attached hydrogens (tertiary/aromatic N) is 2. The minimum Gasteiger partial charge on any atom is -0.329 e. The molecule has 2 heterocycles. The van der Waals surface area contributed by atoms with Crippen molar-refractivity contribution in [1.82, 2.24) is 9.88 Å². The Kier molecular flexibility index (Phi) is 3.94. The average Bonchev–Trinajstić information content (AvgIpc) is 2.77. The van der Waals surface area contributed by atoms with Gasteiger partial charge in [-0.3, -0.25) is 9.88 Å². The van der Waals surface area contributed by atoms with Crippen LogP contribution in [0.15, 0.2) is 36.5 Å². The number of benzene rings is 1. The lowest BCUT2D eigenvalue weighted by atomic mass is 10.0. The van der Waals surface area contributed by atoms with E-state index in [2.05, 4.69) is 9.88 Å². The Balaban J connectivity index is 1.91. The van der Waals surface area contributed by atoms with Crippen LogP contribution in [0, 0.1) is 0 Å². The van der Waals surface area contributed by atoms with Gasteiger partial charge < -0.3 is 5.73 Å². The number of pyridine rings is 1. The van der Waals surface area contributed by atoms with Crippen LogP contribution in [0.4, 0.5) is 0 Å². The average molecular weight is 308 g/mol. The summed E-state index contributed by atoms with van der Waals surface area (Å²) in [5, 5.41) is 1.38. The first-order valence-electron chi connectivity index (χ1n) is 6.51. The number of hydrogen-bond acceptors (Lipinski definition) is 3. The molecule has 1 aliphatic heterocycles. The zero-order valence-corrected chi connectivity index (χ0v) is 12.4. The lowest BCUT2D eigenvalue weighted by molar-refractivity contribution is 0.208. The molecule has 0 radical (unpaired) electrons. The number of nitrogens with two attached hydrogens (primary N) is 1. The van der Waals surface area contributed by atoms with E-state index in [9.17, 15) is 0 Å². The second kappa shape index (κ2) is 5.70. The maximum atomic E-state index is 6.30. The zero-order valence-electron chi connectivity index (χ0n) is 10.9. The Hall–Kier alpha value is -1.13. The van der Waals surface area contributed by atoms with Crippen LogP contribution in [0.25, 0.3) is 0 Å². The van der Waals surface area contributed by atoms with Gasteiger partial charge in [-0.25, -0.2) is 0 Å². The SMILES string of the molecule is NCC1c2cc(Cl)cc(Cl)c2CN1Cc1ccccn1. The van der Waals surface area contributed by atoms with E-state index in [1.54, 1.807) is 12.3 Å². The largest absolute Gasteiger partial charge is 0.329 e. The van der Waals surface area contributed by atoms with Gasteiger partial charge >= 0.3 is 0 Å². The van der Waals surface area contributed by atoms with Crippen LogP contribution in [0.1, 0.15) is 22.9 Å². The molecule has 2 aromatic rings. The first-order chi connectivity index (χ1) is 9.69. The van der Waals surface area contributed by atoms with E-state index in [4.69, 9.17) is 28.9 Å². The van der Waals surface area contributed by atoms with Crippen LogP contribution in [0.3, 0.4) is 0 Å². The Labute approximate surface area is 128 Å². The molecule has 2 N–H and O–H groups in total. The smallest absolute Gasteiger partial charge is 0.0544 e. The molecular formula is C15H15Cl2N3. The van der Waals surface area contributed by atoms with E-state index < -0.39 is 0 Å². The van der Waals surface area contributed by atoms with Crippen molar-refractivity contribution in [2.24, 2.45) is 5.73 Å². The topological polar surface area (TPSA) is 42.1 Å². The third-order valence-electron chi connectivity index (χ3n) is 3.67. The molecule has 3 nitrogen and oxygen atoms in total. The monoisotopic (exact) mass is 307 g/mol. The van der Waals surface area contributed by atoms with Crippen molar-refractivity contribution in [1.29, 1.82) is 0 Å². The van der Waals surface area contributed by atoms with Gasteiger partial charge in [0.25, 0.3) is 0 Å². The van der Waals surface area contributed by atoms with Crippen LogP contribution in [-0.2, 0) is 13.1 Å². The van der Waals surface area contributed by atoms with Gasteiger partial charge in [0.1, 0.15) is 0 Å². The van der Waals surface area contributed by atoms with Crippen LogP contribution in [0.2, 0.25) is 10.0 Å². The standard InChI is InChI=1S/C15H15Cl2N3/c16-10-5-12-13(14(17)6-10)9-20(15(12)7-18)8-11-3-1-2-4-19-11/h1-6,15H,7-9,18H2. The molecule has 1 unspecified atom stereocenters. The highest BCUT2D eigenvalue weighted by molar-refractivity contribution is 6.35. The lowest BCUT2D eigenvalue weighted by Crippen LogP contribution is -2.27. The second-order valence-corrected chi connectivity index (χ2v) is 5.78. The van der Waals surface area contributed by atoms with Gasteiger partial charge in [0.05, 0.1) is 5.69 Å². The Bertz CT molecular complexity index is 616. The summed E-state index contributed by atoms with van der Waals surface area (Å²) in [5.74, 6) is 0. The fraction of sp³-hybridized carbons (Fsp3) is 0.267. The van der Waals surface area contributed by atoms with Crippen LogP contribution in [0.5, 0.6) is 0 Å². The molecular weight excluding hydrogens is 293 g/mol. The van der Waals surface area contributed by atoms with Crippen LogP contribution in [-0.4, -0.2) is 16.4 Å². The van der Waals surface area contributed by atoms with E-state index in [1.165, 1.54) is 0 Å². The summed E-state index contributed by atoms with van der Waals surface area (Å²) in [5.41, 5.74) is 9.24. The molecule has 5 heteroatoms. The first-order valence-corrected chi connectivity index (χ1v) is 7.26. The van der Waals surface area contributed by atoms with E-state index in [0.29, 0.717) is 11.6 Å². The van der Waals surface area contributed by atoms with E-state index in [0.717, 1.165) is 34.9 Å². The number of halogens is 2. The van der Waals surface area contributed by atoms with Crippen molar-refractivity contribution >= 4 is 23.2 Å². The molecule has 3 rings (SSSR count). The minimum atomic E-state index is 0.142. The molecule has 20 heavy (non-hydrogen) atoms. The predicted octanol–water partition coefficient (Wildman–Crippen LogP) is 3.40. The van der Waals surface area contributed by atoms with Gasteiger partial charge in [-0.05, 0) is 35.4 Å². The van der Waals surface area contributed by atoms with Crippen molar-refractivity contribution in [2.75, 3.05) is 6.54 Å². The van der Waals surface area contributed by atoms with Crippen molar-refractivity contribution in [3.8, 4) is 0 Å². The quantitative estimate of drug-likeness (QED) is 0.945. The normalized spacial score (nSPS) is 18.2. The molecule has 1 aliphatic rings. The molecule has 1 atom stereocenters. The molecule has 0 bridgehead atoms. The van der Waals surface area contributed by atoms with Gasteiger partial charge in [-0.1, -0.05) is 29.3 Å². The van der Waals surface area contributed by atoms with E-state index in [1.807, 2.05) is 24.3 Å². The highest BCUT2D eigenvalue weighted by Gasteiger charge is 2.31. The Morgan fingerprint density at radius 2 is 2.15 bits per heavy atom. The predicted molar refractivity (Wildman–Crippen MR) is 81.7 cm³/mol. The van der Waals surface area contributed by atoms with Gasteiger partial charge in [0, 0.05) is 41.9 Å². The molecule has 0 saturated heterocycles. The van der Waals surface area contributed by atoms with Crippen LogP contribution >= 0.6 is 23.2 Å². The Morgan fingerprint density at radius 3 is 2.85 bits per heavy atom. The maximum Gasteiger partial charge on any atom is 0.0544 e. The fourth-order valence-corrected chi connectivity index (χ4v) is 3.31. The van der Waals surface area contributed by atoms with E-state index in [-0.39, 0.29) is 6.04 Å². The summed E-state index contributed by atoms with van der Waals surface area (Å²) >= 11 is 12.4. The molecule has 0 aliphatic carbocycles. The summed E-state index contributed by atoms with van der Waals surface area (Å²) in [6, 6.07) is 9.83. The summed E-state index contributed by atoms with van der Waals surface area (Å²) < 4.78 is 0. The molecule has 1 aromatic heterocycles. The molecule has 1 aromatic carbocycles. The molecule has 104 valence electrons. The highest BCUT2D eigenvalue weighted by atomic mass is 35.5. The molecule has 0 fully saturated rings. The highest BCUT2D eigenvalue weighted by Crippen LogP contribution is 2.39. The zero-order chi connectivity index (χ0) is 14.1. The van der Waals surface area contributed by atoms with Gasteiger partial charge in [0.2, 0.25) is 0 Å². The summed E-state index contributed by atoms with van der Waals surface area (Å²) in [6.07, 6.45) is 1.81. The van der Waals surface area contributed by atoms with Crippen molar-refractivity contribution < 1.29 is 0 Å². The number of fused-ring (bicyclic) bond motifs is 1. The maximum absolute atomic E-state index is 6.30. The lowest BCUT2D eigenvalue weighted by Gasteiger charge is -2.23. The fourth-order valence-electron chi connectivity index (χ4n) is 2.74. The summed E-state index contributed by atoms with van der Waals surface area (Å²) in [4.78, 5) is 6.66. The van der Waals surface area contributed by atoms with Crippen molar-refractivity contribution in [3.05, 3.63) is 63.4 Å². The van der Waals surface area contributed by atoms with Gasteiger partial charge in [0.15, 0.2) is 0 Å². The van der Waals surface area contributed by atoms with Crippen LogP contribution < -0.4 is 5.73 Å². The number of rotatable bonds is 3. The summed E-state index contributed by atoms with van der Waals surface area (Å²) in [6.45, 7) is 2.08. The number of aromatic nitrogens is 1. The minimum absolute atomic E-state index is 0.142. The Morgan fingerprint density at radius 1 is 1.30 bits per heavy atom. The molecule has 0 spiro atoms. The number of hydrogen-bond donors (Lipinski definition) is 1. The first kappa shape index (κ1) is 13.8. The van der Waals surface area contributed by atoms with Crippen molar-refractivity contribution in [3.63, 3.8) is 0 Å². The van der Waals surface area contributed by atoms with Gasteiger partial charge in [-0.2, -0.15) is 0 Å². The molecule has 0 saturated carbocycles. The third-order valence-corrected chi connectivity index (χ3v) is 4.23. The second-order valence-electron chi connectivity index (χ2n) is 4.93. The van der Waals surface area contributed by atoms with Gasteiger partial charge in [-0.15, -0.1) is 0 Å². The third kappa shape index (κ3) is 2.54.